The largest absolute Gasteiger partial charge is 0.368 e. The Morgan fingerprint density at radius 3 is 2.53 bits per heavy atom. The van der Waals surface area contributed by atoms with Crippen LogP contribution in [0.4, 0.5) is 17.5 Å². The van der Waals surface area contributed by atoms with Crippen LogP contribution in [0.2, 0.25) is 0 Å². The number of pyridine rings is 1. The van der Waals surface area contributed by atoms with E-state index in [-0.39, 0.29) is 0 Å². The second-order valence-electron chi connectivity index (χ2n) is 4.34. The molecule has 3 heterocycles. The number of anilines is 3. The first-order valence-corrected chi connectivity index (χ1v) is 6.37. The van der Waals surface area contributed by atoms with E-state index in [0.29, 0.717) is 5.95 Å². The van der Waals surface area contributed by atoms with Crippen LogP contribution in [0, 0.1) is 0 Å². The molecule has 1 aliphatic heterocycles. The summed E-state index contributed by atoms with van der Waals surface area (Å²) in [6, 6.07) is 5.81. The molecule has 6 nitrogen and oxygen atoms in total. The third kappa shape index (κ3) is 2.97. The monoisotopic (exact) mass is 256 g/mol. The van der Waals surface area contributed by atoms with Crippen molar-refractivity contribution in [3.05, 3.63) is 36.8 Å². The predicted octanol–water partition coefficient (Wildman–Crippen LogP) is 1.02. The maximum Gasteiger partial charge on any atom is 0.228 e. The van der Waals surface area contributed by atoms with E-state index < -0.39 is 0 Å². The number of piperazine rings is 1. The van der Waals surface area contributed by atoms with Crippen LogP contribution in [0.15, 0.2) is 36.8 Å². The van der Waals surface area contributed by atoms with Crippen LogP contribution in [-0.4, -0.2) is 41.1 Å². The molecule has 2 aromatic rings. The minimum atomic E-state index is 0.560. The lowest BCUT2D eigenvalue weighted by molar-refractivity contribution is 0.589. The number of nitrogens with one attached hydrogen (secondary N) is 2. The molecule has 2 aromatic heterocycles. The van der Waals surface area contributed by atoms with Gasteiger partial charge < -0.3 is 15.5 Å². The quantitative estimate of drug-likeness (QED) is 0.855. The average molecular weight is 256 g/mol. The lowest BCUT2D eigenvalue weighted by Crippen LogP contribution is -2.43. The van der Waals surface area contributed by atoms with Crippen molar-refractivity contribution >= 4 is 17.5 Å². The van der Waals surface area contributed by atoms with Gasteiger partial charge in [-0.05, 0) is 18.2 Å². The van der Waals surface area contributed by atoms with Crippen molar-refractivity contribution < 1.29 is 0 Å². The SMILES string of the molecule is c1cnc(Nc2ccc(N3CCNCC3)cn2)nc1. The zero-order valence-electron chi connectivity index (χ0n) is 10.6. The van der Waals surface area contributed by atoms with Crippen molar-refractivity contribution in [2.45, 2.75) is 0 Å². The first kappa shape index (κ1) is 11.9. The number of hydrogen-bond acceptors (Lipinski definition) is 6. The van der Waals surface area contributed by atoms with Crippen molar-refractivity contribution in [3.8, 4) is 0 Å². The zero-order chi connectivity index (χ0) is 12.9. The van der Waals surface area contributed by atoms with E-state index >= 15 is 0 Å². The van der Waals surface area contributed by atoms with E-state index in [1.807, 2.05) is 12.3 Å². The normalized spacial score (nSPS) is 15.3. The lowest BCUT2D eigenvalue weighted by Gasteiger charge is -2.29. The van der Waals surface area contributed by atoms with Crippen LogP contribution >= 0.6 is 0 Å². The molecule has 0 radical (unpaired) electrons. The van der Waals surface area contributed by atoms with E-state index in [9.17, 15) is 0 Å². The summed E-state index contributed by atoms with van der Waals surface area (Å²) >= 11 is 0. The molecule has 0 bridgehead atoms. The molecule has 98 valence electrons. The second-order valence-corrected chi connectivity index (χ2v) is 4.34. The molecule has 6 heteroatoms. The predicted molar refractivity (Wildman–Crippen MR) is 74.6 cm³/mol. The smallest absolute Gasteiger partial charge is 0.228 e. The highest BCUT2D eigenvalue weighted by atomic mass is 15.2. The number of nitrogens with zero attached hydrogens (tertiary/aromatic N) is 4. The van der Waals surface area contributed by atoms with Gasteiger partial charge in [-0.1, -0.05) is 0 Å². The van der Waals surface area contributed by atoms with Crippen LogP contribution in [0.25, 0.3) is 0 Å². The zero-order valence-corrected chi connectivity index (χ0v) is 10.6. The summed E-state index contributed by atoms with van der Waals surface area (Å²) in [6.45, 7) is 4.10. The Hall–Kier alpha value is -2.21. The number of aromatic nitrogens is 3. The molecule has 2 N–H and O–H groups in total. The summed E-state index contributed by atoms with van der Waals surface area (Å²) in [5, 5.41) is 6.41. The fourth-order valence-corrected chi connectivity index (χ4v) is 2.05. The first-order valence-electron chi connectivity index (χ1n) is 6.37. The van der Waals surface area contributed by atoms with Crippen molar-refractivity contribution in [1.29, 1.82) is 0 Å². The third-order valence-electron chi connectivity index (χ3n) is 3.04. The van der Waals surface area contributed by atoms with E-state index in [0.717, 1.165) is 37.7 Å². The maximum atomic E-state index is 4.40. The van der Waals surface area contributed by atoms with Gasteiger partial charge in [0.15, 0.2) is 0 Å². The Morgan fingerprint density at radius 2 is 1.84 bits per heavy atom. The third-order valence-corrected chi connectivity index (χ3v) is 3.04. The van der Waals surface area contributed by atoms with Crippen molar-refractivity contribution in [1.82, 2.24) is 20.3 Å². The van der Waals surface area contributed by atoms with Crippen molar-refractivity contribution in [2.24, 2.45) is 0 Å². The van der Waals surface area contributed by atoms with Crippen LogP contribution in [0.5, 0.6) is 0 Å². The molecular weight excluding hydrogens is 240 g/mol. The minimum absolute atomic E-state index is 0.560. The Kier molecular flexibility index (Phi) is 3.51. The summed E-state index contributed by atoms with van der Waals surface area (Å²) < 4.78 is 0. The molecule has 0 unspecified atom stereocenters. The van der Waals surface area contributed by atoms with Gasteiger partial charge in [0.05, 0.1) is 11.9 Å². The van der Waals surface area contributed by atoms with E-state index in [1.54, 1.807) is 18.5 Å². The minimum Gasteiger partial charge on any atom is -0.368 e. The van der Waals surface area contributed by atoms with E-state index in [4.69, 9.17) is 0 Å². The fraction of sp³-hybridized carbons (Fsp3) is 0.308. The van der Waals surface area contributed by atoms with E-state index in [2.05, 4.69) is 36.6 Å². The van der Waals surface area contributed by atoms with Gasteiger partial charge in [0, 0.05) is 38.6 Å². The Labute approximate surface area is 111 Å². The van der Waals surface area contributed by atoms with Crippen molar-refractivity contribution in [2.75, 3.05) is 36.4 Å². The number of hydrogen-bond donors (Lipinski definition) is 2. The molecule has 0 aromatic carbocycles. The van der Waals surface area contributed by atoms with E-state index in [1.165, 1.54) is 0 Å². The van der Waals surface area contributed by atoms with Gasteiger partial charge in [0.25, 0.3) is 0 Å². The molecule has 0 amide bonds. The summed E-state index contributed by atoms with van der Waals surface area (Å²) in [7, 11) is 0. The van der Waals surface area contributed by atoms with Gasteiger partial charge in [0.2, 0.25) is 5.95 Å². The maximum absolute atomic E-state index is 4.40. The Morgan fingerprint density at radius 1 is 1.05 bits per heavy atom. The van der Waals surface area contributed by atoms with Gasteiger partial charge >= 0.3 is 0 Å². The molecular formula is C13H16N6. The average Bonchev–Trinajstić information content (AvgIpc) is 2.50. The second kappa shape index (κ2) is 5.62. The van der Waals surface area contributed by atoms with Crippen molar-refractivity contribution in [3.63, 3.8) is 0 Å². The molecule has 0 saturated carbocycles. The topological polar surface area (TPSA) is 66.0 Å². The highest BCUT2D eigenvalue weighted by Gasteiger charge is 2.10. The lowest BCUT2D eigenvalue weighted by atomic mass is 10.3. The molecule has 1 fully saturated rings. The summed E-state index contributed by atoms with van der Waals surface area (Å²) in [6.07, 6.45) is 5.28. The summed E-state index contributed by atoms with van der Waals surface area (Å²) in [5.41, 5.74) is 1.15. The molecule has 0 atom stereocenters. The van der Waals surface area contributed by atoms with Gasteiger partial charge in [-0.25, -0.2) is 15.0 Å². The van der Waals surface area contributed by atoms with Crippen LogP contribution in [-0.2, 0) is 0 Å². The Bertz CT molecular complexity index is 506. The van der Waals surface area contributed by atoms with Crippen LogP contribution in [0.3, 0.4) is 0 Å². The highest BCUT2D eigenvalue weighted by molar-refractivity contribution is 5.53. The molecule has 0 spiro atoms. The van der Waals surface area contributed by atoms with Gasteiger partial charge in [0.1, 0.15) is 5.82 Å². The fourth-order valence-electron chi connectivity index (χ4n) is 2.05. The van der Waals surface area contributed by atoms with Crippen LogP contribution < -0.4 is 15.5 Å². The molecule has 3 rings (SSSR count). The van der Waals surface area contributed by atoms with Gasteiger partial charge in [-0.15, -0.1) is 0 Å². The molecule has 1 aliphatic rings. The standard InChI is InChI=1S/C13H16N6/c1-4-15-13(16-5-1)18-12-3-2-11(10-17-12)19-8-6-14-7-9-19/h1-5,10,14H,6-9H2,(H,15,16,17,18). The summed E-state index contributed by atoms with van der Waals surface area (Å²) in [4.78, 5) is 14.9. The molecule has 1 saturated heterocycles. The molecule has 0 aliphatic carbocycles. The van der Waals surface area contributed by atoms with Gasteiger partial charge in [-0.2, -0.15) is 0 Å². The van der Waals surface area contributed by atoms with Gasteiger partial charge in [-0.3, -0.25) is 0 Å². The summed E-state index contributed by atoms with van der Waals surface area (Å²) in [5.74, 6) is 1.31. The molecule has 19 heavy (non-hydrogen) atoms. The highest BCUT2D eigenvalue weighted by Crippen LogP contribution is 2.16. The Balaban J connectivity index is 1.68. The van der Waals surface area contributed by atoms with Crippen LogP contribution in [0.1, 0.15) is 0 Å². The first-order chi connectivity index (χ1) is 9.42. The number of rotatable bonds is 3.